The van der Waals surface area contributed by atoms with E-state index in [1.54, 1.807) is 13.1 Å². The van der Waals surface area contributed by atoms with Gasteiger partial charge >= 0.3 is 0 Å². The average molecular weight is 168 g/mol. The molecule has 0 aliphatic heterocycles. The highest BCUT2D eigenvalue weighted by Crippen LogP contribution is 2.48. The SMILES string of the molecule is CC[Si](C)(C)P(=O)(O)O. The molecule has 0 rings (SSSR count). The van der Waals surface area contributed by atoms with Crippen LogP contribution in [-0.2, 0) is 4.57 Å². The lowest BCUT2D eigenvalue weighted by Crippen LogP contribution is -2.23. The Bertz CT molecular complexity index is 139. The zero-order valence-electron chi connectivity index (χ0n) is 5.96. The van der Waals surface area contributed by atoms with Crippen molar-refractivity contribution in [1.82, 2.24) is 0 Å². The molecule has 0 radical (unpaired) electrons. The third kappa shape index (κ3) is 2.22. The normalized spacial score (nSPS) is 13.9. The highest BCUT2D eigenvalue weighted by Gasteiger charge is 2.38. The molecule has 0 saturated carbocycles. The van der Waals surface area contributed by atoms with Gasteiger partial charge in [0.25, 0.3) is 7.14 Å². The molecule has 9 heavy (non-hydrogen) atoms. The zero-order chi connectivity index (χ0) is 7.71. The first-order chi connectivity index (χ1) is 3.81. The molecule has 0 aromatic carbocycles. The van der Waals surface area contributed by atoms with Gasteiger partial charge in [0.2, 0.25) is 0 Å². The molecule has 56 valence electrons. The summed E-state index contributed by atoms with van der Waals surface area (Å²) in [5, 5.41) is 0. The van der Waals surface area contributed by atoms with Crippen LogP contribution in [-0.4, -0.2) is 17.5 Å². The summed E-state index contributed by atoms with van der Waals surface area (Å²) in [6, 6.07) is 0.636. The summed E-state index contributed by atoms with van der Waals surface area (Å²) in [5.41, 5.74) is 0. The van der Waals surface area contributed by atoms with Gasteiger partial charge in [0, 0.05) is 0 Å². The fourth-order valence-corrected chi connectivity index (χ4v) is 1.85. The first-order valence-electron chi connectivity index (χ1n) is 2.87. The van der Waals surface area contributed by atoms with Crippen molar-refractivity contribution in [1.29, 1.82) is 0 Å². The van der Waals surface area contributed by atoms with Crippen LogP contribution >= 0.6 is 7.14 Å². The molecule has 0 spiro atoms. The molecule has 0 fully saturated rings. The predicted octanol–water partition coefficient (Wildman–Crippen LogP) is 1.39. The summed E-state index contributed by atoms with van der Waals surface area (Å²) in [6.45, 7) is 5.23. The molecule has 0 atom stereocenters. The monoisotopic (exact) mass is 168 g/mol. The minimum absolute atomic E-state index is 0.636. The molecule has 3 nitrogen and oxygen atoms in total. The van der Waals surface area contributed by atoms with Gasteiger partial charge in [-0.1, -0.05) is 20.0 Å². The number of rotatable bonds is 2. The molecule has 0 aliphatic carbocycles. The van der Waals surface area contributed by atoms with E-state index >= 15 is 0 Å². The average Bonchev–Trinajstić information content (AvgIpc) is 1.64. The van der Waals surface area contributed by atoms with Crippen LogP contribution in [0.4, 0.5) is 0 Å². The number of hydrogen-bond acceptors (Lipinski definition) is 1. The Morgan fingerprint density at radius 3 is 1.78 bits per heavy atom. The van der Waals surface area contributed by atoms with Gasteiger partial charge in [-0.15, -0.1) is 0 Å². The Balaban J connectivity index is 4.34. The molecule has 0 aromatic heterocycles. The van der Waals surface area contributed by atoms with Crippen molar-refractivity contribution in [2.45, 2.75) is 26.1 Å². The summed E-state index contributed by atoms with van der Waals surface area (Å²) in [4.78, 5) is 17.4. The minimum Gasteiger partial charge on any atom is -0.329 e. The topological polar surface area (TPSA) is 57.5 Å². The second kappa shape index (κ2) is 2.54. The standard InChI is InChI=1S/C4H13O3PSi/c1-4-9(2,3)8(5,6)7/h4H2,1-3H3,(H2,5,6,7). The molecule has 0 heterocycles. The molecule has 5 heteroatoms. The largest absolute Gasteiger partial charge is 0.329 e. The van der Waals surface area contributed by atoms with Crippen molar-refractivity contribution in [2.75, 3.05) is 0 Å². The van der Waals surface area contributed by atoms with Crippen molar-refractivity contribution >= 4 is 14.9 Å². The maximum absolute atomic E-state index is 10.6. The lowest BCUT2D eigenvalue weighted by molar-refractivity contribution is 0.391. The second-order valence-corrected chi connectivity index (χ2v) is 13.5. The van der Waals surface area contributed by atoms with Crippen molar-refractivity contribution in [2.24, 2.45) is 0 Å². The molecule has 0 aromatic rings. The fraction of sp³-hybridized carbons (Fsp3) is 1.00. The Morgan fingerprint density at radius 2 is 1.78 bits per heavy atom. The molecule has 2 N–H and O–H groups in total. The van der Waals surface area contributed by atoms with E-state index in [2.05, 4.69) is 0 Å². The van der Waals surface area contributed by atoms with Gasteiger partial charge in [-0.25, -0.2) is 0 Å². The van der Waals surface area contributed by atoms with Crippen LogP contribution < -0.4 is 0 Å². The number of hydrogen-bond donors (Lipinski definition) is 2. The van der Waals surface area contributed by atoms with Gasteiger partial charge in [-0.2, -0.15) is 0 Å². The highest BCUT2D eigenvalue weighted by atomic mass is 31.4. The molecular weight excluding hydrogens is 155 g/mol. The van der Waals surface area contributed by atoms with Crippen molar-refractivity contribution < 1.29 is 14.4 Å². The van der Waals surface area contributed by atoms with E-state index in [0.717, 1.165) is 0 Å². The Morgan fingerprint density at radius 1 is 1.44 bits per heavy atom. The lowest BCUT2D eigenvalue weighted by Gasteiger charge is -2.20. The quantitative estimate of drug-likeness (QED) is 0.484. The summed E-state index contributed by atoms with van der Waals surface area (Å²) >= 11 is 0. The van der Waals surface area contributed by atoms with Gasteiger partial charge in [0.05, 0.1) is 0 Å². The first kappa shape index (κ1) is 9.37. The molecular formula is C4H13O3PSi. The first-order valence-corrected chi connectivity index (χ1v) is 8.53. The molecule has 0 amide bonds. The summed E-state index contributed by atoms with van der Waals surface area (Å²) < 4.78 is 10.6. The van der Waals surface area contributed by atoms with Gasteiger partial charge < -0.3 is 9.79 Å². The summed E-state index contributed by atoms with van der Waals surface area (Å²) in [7, 11) is -5.94. The third-order valence-corrected chi connectivity index (χ3v) is 10.6. The Hall–Kier alpha value is 0.367. The van der Waals surface area contributed by atoms with Crippen LogP contribution in [0.25, 0.3) is 0 Å². The Kier molecular flexibility index (Phi) is 2.64. The molecule has 0 bridgehead atoms. The maximum atomic E-state index is 10.6. The van der Waals surface area contributed by atoms with Gasteiger partial charge in [0.15, 0.2) is 7.74 Å². The Labute approximate surface area is 56.1 Å². The van der Waals surface area contributed by atoms with Crippen LogP contribution in [0, 0.1) is 0 Å². The predicted molar refractivity (Wildman–Crippen MR) is 40.0 cm³/mol. The highest BCUT2D eigenvalue weighted by molar-refractivity contribution is 7.91. The van der Waals surface area contributed by atoms with Crippen LogP contribution in [0.3, 0.4) is 0 Å². The van der Waals surface area contributed by atoms with Crippen molar-refractivity contribution in [3.8, 4) is 0 Å². The molecule has 0 saturated heterocycles. The van der Waals surface area contributed by atoms with E-state index in [9.17, 15) is 4.57 Å². The third-order valence-electron chi connectivity index (χ3n) is 1.65. The van der Waals surface area contributed by atoms with E-state index in [-0.39, 0.29) is 0 Å². The van der Waals surface area contributed by atoms with Crippen molar-refractivity contribution in [3.05, 3.63) is 0 Å². The summed E-state index contributed by atoms with van der Waals surface area (Å²) in [6.07, 6.45) is 0. The van der Waals surface area contributed by atoms with Gasteiger partial charge in [-0.3, -0.25) is 4.57 Å². The second-order valence-electron chi connectivity index (χ2n) is 2.71. The van der Waals surface area contributed by atoms with Crippen LogP contribution in [0.15, 0.2) is 0 Å². The summed E-state index contributed by atoms with van der Waals surface area (Å²) in [5.74, 6) is 0. The van der Waals surface area contributed by atoms with E-state index in [1.807, 2.05) is 6.92 Å². The minimum atomic E-state index is -3.73. The van der Waals surface area contributed by atoms with Gasteiger partial charge in [-0.05, 0) is 6.04 Å². The van der Waals surface area contributed by atoms with E-state index in [4.69, 9.17) is 9.79 Å². The van der Waals surface area contributed by atoms with E-state index < -0.39 is 14.9 Å². The molecule has 0 unspecified atom stereocenters. The van der Waals surface area contributed by atoms with Crippen LogP contribution in [0.5, 0.6) is 0 Å². The van der Waals surface area contributed by atoms with E-state index in [0.29, 0.717) is 6.04 Å². The molecule has 0 aliphatic rings. The smallest absolute Gasteiger partial charge is 0.292 e. The van der Waals surface area contributed by atoms with Crippen molar-refractivity contribution in [3.63, 3.8) is 0 Å². The lowest BCUT2D eigenvalue weighted by atomic mass is 11.0. The van der Waals surface area contributed by atoms with Crippen LogP contribution in [0.2, 0.25) is 19.1 Å². The van der Waals surface area contributed by atoms with Crippen LogP contribution in [0.1, 0.15) is 6.92 Å². The maximum Gasteiger partial charge on any atom is 0.292 e. The zero-order valence-corrected chi connectivity index (χ0v) is 7.85. The fourth-order valence-electron chi connectivity index (χ4n) is 0.206. The van der Waals surface area contributed by atoms with Gasteiger partial charge in [0.1, 0.15) is 0 Å². The van der Waals surface area contributed by atoms with E-state index in [1.165, 1.54) is 0 Å².